The Bertz CT molecular complexity index is 897. The Morgan fingerprint density at radius 1 is 1.04 bits per heavy atom. The predicted molar refractivity (Wildman–Crippen MR) is 106 cm³/mol. The van der Waals surface area contributed by atoms with E-state index in [9.17, 15) is 13.2 Å². The largest absolute Gasteiger partial charge is 0.325 e. The van der Waals surface area contributed by atoms with Gasteiger partial charge in [-0.2, -0.15) is 4.31 Å². The molecule has 1 unspecified atom stereocenters. The van der Waals surface area contributed by atoms with Crippen molar-refractivity contribution in [3.63, 3.8) is 0 Å². The van der Waals surface area contributed by atoms with E-state index in [0.29, 0.717) is 41.8 Å². The zero-order chi connectivity index (χ0) is 19.4. The fraction of sp³-hybridized carbons (Fsp3) is 0.316. The quantitative estimate of drug-likeness (QED) is 0.827. The molecule has 0 aromatic heterocycles. The Kier molecular flexibility index (Phi) is 6.16. The molecule has 6 nitrogen and oxygen atoms in total. The van der Waals surface area contributed by atoms with Crippen molar-refractivity contribution in [3.8, 4) is 0 Å². The van der Waals surface area contributed by atoms with Crippen LogP contribution in [0.15, 0.2) is 59.5 Å². The first-order chi connectivity index (χ1) is 12.9. The number of benzene rings is 2. The fourth-order valence-corrected chi connectivity index (χ4v) is 4.69. The van der Waals surface area contributed by atoms with Gasteiger partial charge in [-0.3, -0.25) is 9.69 Å². The lowest BCUT2D eigenvalue weighted by Gasteiger charge is -2.36. The molecule has 1 aliphatic heterocycles. The molecule has 2 aromatic carbocycles. The molecule has 27 heavy (non-hydrogen) atoms. The summed E-state index contributed by atoms with van der Waals surface area (Å²) in [6.07, 6.45) is 0. The van der Waals surface area contributed by atoms with Crippen molar-refractivity contribution in [3.05, 3.63) is 59.6 Å². The number of nitrogens with one attached hydrogen (secondary N) is 1. The SMILES string of the molecule is CC(C(=O)Nc1cccc(Cl)c1)N1CCN(S(=O)(=O)c2ccccc2)CC1. The number of rotatable bonds is 5. The van der Waals surface area contributed by atoms with E-state index >= 15 is 0 Å². The van der Waals surface area contributed by atoms with E-state index < -0.39 is 10.0 Å². The van der Waals surface area contributed by atoms with Gasteiger partial charge in [0, 0.05) is 36.9 Å². The van der Waals surface area contributed by atoms with Crippen LogP contribution in [0, 0.1) is 0 Å². The topological polar surface area (TPSA) is 69.7 Å². The van der Waals surface area contributed by atoms with Crippen LogP contribution in [0.5, 0.6) is 0 Å². The molecule has 1 saturated heterocycles. The molecule has 1 aliphatic rings. The second-order valence-corrected chi connectivity index (χ2v) is 8.80. The van der Waals surface area contributed by atoms with Crippen molar-refractivity contribution in [2.45, 2.75) is 17.9 Å². The van der Waals surface area contributed by atoms with E-state index in [4.69, 9.17) is 11.6 Å². The Balaban J connectivity index is 1.59. The van der Waals surface area contributed by atoms with Crippen LogP contribution in [0.4, 0.5) is 5.69 Å². The molecule has 0 saturated carbocycles. The first kappa shape index (κ1) is 19.8. The third kappa shape index (κ3) is 4.68. The fourth-order valence-electron chi connectivity index (χ4n) is 3.05. The van der Waals surface area contributed by atoms with Crippen molar-refractivity contribution < 1.29 is 13.2 Å². The maximum absolute atomic E-state index is 12.7. The number of sulfonamides is 1. The summed E-state index contributed by atoms with van der Waals surface area (Å²) in [4.78, 5) is 14.8. The summed E-state index contributed by atoms with van der Waals surface area (Å²) in [5.74, 6) is -0.142. The minimum absolute atomic E-state index is 0.142. The highest BCUT2D eigenvalue weighted by Gasteiger charge is 2.31. The van der Waals surface area contributed by atoms with Crippen LogP contribution >= 0.6 is 11.6 Å². The van der Waals surface area contributed by atoms with Crippen molar-refractivity contribution in [1.29, 1.82) is 0 Å². The van der Waals surface area contributed by atoms with Gasteiger partial charge in [0.05, 0.1) is 10.9 Å². The standard InChI is InChI=1S/C19H22ClN3O3S/c1-15(19(24)21-17-7-5-6-16(20)14-17)22-10-12-23(13-11-22)27(25,26)18-8-3-2-4-9-18/h2-9,14-15H,10-13H2,1H3,(H,21,24). The molecule has 1 fully saturated rings. The van der Waals surface area contributed by atoms with E-state index in [1.807, 2.05) is 11.8 Å². The number of anilines is 1. The van der Waals surface area contributed by atoms with Gasteiger partial charge in [-0.25, -0.2) is 8.42 Å². The van der Waals surface area contributed by atoms with Gasteiger partial charge in [0.25, 0.3) is 0 Å². The number of carbonyl (C=O) groups excluding carboxylic acids is 1. The highest BCUT2D eigenvalue weighted by molar-refractivity contribution is 7.89. The second kappa shape index (κ2) is 8.39. The summed E-state index contributed by atoms with van der Waals surface area (Å²) in [5.41, 5.74) is 0.643. The Hall–Kier alpha value is -1.93. The molecule has 2 aromatic rings. The Labute approximate surface area is 164 Å². The van der Waals surface area contributed by atoms with Gasteiger partial charge in [0.15, 0.2) is 0 Å². The van der Waals surface area contributed by atoms with E-state index in [1.54, 1.807) is 54.6 Å². The van der Waals surface area contributed by atoms with Gasteiger partial charge in [0.1, 0.15) is 0 Å². The van der Waals surface area contributed by atoms with Gasteiger partial charge < -0.3 is 5.32 Å². The second-order valence-electron chi connectivity index (χ2n) is 6.43. The predicted octanol–water partition coefficient (Wildman–Crippen LogP) is 2.67. The van der Waals surface area contributed by atoms with E-state index in [2.05, 4.69) is 5.32 Å². The average Bonchev–Trinajstić information content (AvgIpc) is 2.68. The van der Waals surface area contributed by atoms with Gasteiger partial charge in [-0.05, 0) is 37.3 Å². The average molecular weight is 408 g/mol. The number of amides is 1. The minimum Gasteiger partial charge on any atom is -0.325 e. The van der Waals surface area contributed by atoms with Crippen molar-refractivity contribution in [2.24, 2.45) is 0 Å². The molecule has 3 rings (SSSR count). The Morgan fingerprint density at radius 3 is 2.33 bits per heavy atom. The molecular formula is C19H22ClN3O3S. The first-order valence-electron chi connectivity index (χ1n) is 8.73. The molecular weight excluding hydrogens is 386 g/mol. The van der Waals surface area contributed by atoms with Gasteiger partial charge in [0.2, 0.25) is 15.9 Å². The highest BCUT2D eigenvalue weighted by atomic mass is 35.5. The molecule has 0 bridgehead atoms. The van der Waals surface area contributed by atoms with Crippen LogP contribution in [0.2, 0.25) is 5.02 Å². The lowest BCUT2D eigenvalue weighted by Crippen LogP contribution is -2.53. The van der Waals surface area contributed by atoms with Crippen LogP contribution in [0.1, 0.15) is 6.92 Å². The third-order valence-electron chi connectivity index (χ3n) is 4.67. The number of nitrogens with zero attached hydrogens (tertiary/aromatic N) is 2. The monoisotopic (exact) mass is 407 g/mol. The zero-order valence-corrected chi connectivity index (χ0v) is 16.6. The maximum Gasteiger partial charge on any atom is 0.243 e. The van der Waals surface area contributed by atoms with Crippen LogP contribution < -0.4 is 5.32 Å². The molecule has 8 heteroatoms. The number of halogens is 1. The normalized spacial score (nSPS) is 17.4. The summed E-state index contributed by atoms with van der Waals surface area (Å²) in [6, 6.07) is 15.0. The summed E-state index contributed by atoms with van der Waals surface area (Å²) in [7, 11) is -3.49. The van der Waals surface area contributed by atoms with E-state index in [0.717, 1.165) is 0 Å². The summed E-state index contributed by atoms with van der Waals surface area (Å²) >= 11 is 5.94. The lowest BCUT2D eigenvalue weighted by molar-refractivity contribution is -0.121. The van der Waals surface area contributed by atoms with Crippen LogP contribution in [0.25, 0.3) is 0 Å². The summed E-state index contributed by atoms with van der Waals surface area (Å²) < 4.78 is 26.8. The van der Waals surface area contributed by atoms with E-state index in [1.165, 1.54) is 4.31 Å². The van der Waals surface area contributed by atoms with Crippen LogP contribution in [-0.2, 0) is 14.8 Å². The van der Waals surface area contributed by atoms with Crippen molar-refractivity contribution in [2.75, 3.05) is 31.5 Å². The smallest absolute Gasteiger partial charge is 0.243 e. The van der Waals surface area contributed by atoms with Crippen LogP contribution in [0.3, 0.4) is 0 Å². The highest BCUT2D eigenvalue weighted by Crippen LogP contribution is 2.19. The zero-order valence-electron chi connectivity index (χ0n) is 15.0. The molecule has 1 N–H and O–H groups in total. The number of piperazine rings is 1. The third-order valence-corrected chi connectivity index (χ3v) is 6.82. The minimum atomic E-state index is -3.49. The number of hydrogen-bond donors (Lipinski definition) is 1. The van der Waals surface area contributed by atoms with Crippen LogP contribution in [-0.4, -0.2) is 55.8 Å². The summed E-state index contributed by atoms with van der Waals surface area (Å²) in [5, 5.41) is 3.41. The Morgan fingerprint density at radius 2 is 1.70 bits per heavy atom. The number of carbonyl (C=O) groups is 1. The van der Waals surface area contributed by atoms with Gasteiger partial charge >= 0.3 is 0 Å². The lowest BCUT2D eigenvalue weighted by atomic mass is 10.2. The molecule has 1 heterocycles. The molecule has 144 valence electrons. The first-order valence-corrected chi connectivity index (χ1v) is 10.6. The van der Waals surface area contributed by atoms with Gasteiger partial charge in [-0.15, -0.1) is 0 Å². The van der Waals surface area contributed by atoms with Crippen molar-refractivity contribution in [1.82, 2.24) is 9.21 Å². The molecule has 1 amide bonds. The molecule has 1 atom stereocenters. The summed E-state index contributed by atoms with van der Waals surface area (Å²) in [6.45, 7) is 3.52. The maximum atomic E-state index is 12.7. The van der Waals surface area contributed by atoms with Crippen molar-refractivity contribution >= 4 is 33.2 Å². The van der Waals surface area contributed by atoms with Gasteiger partial charge in [-0.1, -0.05) is 35.9 Å². The molecule has 0 spiro atoms. The number of hydrogen-bond acceptors (Lipinski definition) is 4. The molecule has 0 radical (unpaired) electrons. The molecule has 0 aliphatic carbocycles. The van der Waals surface area contributed by atoms with E-state index in [-0.39, 0.29) is 11.9 Å².